The minimum Gasteiger partial charge on any atom is -0.310 e. The third-order valence-corrected chi connectivity index (χ3v) is 4.16. The Kier molecular flexibility index (Phi) is 5.61. The maximum Gasteiger partial charge on any atom is 0.0929 e. The molecule has 0 amide bonds. The summed E-state index contributed by atoms with van der Waals surface area (Å²) in [5, 5.41) is 11.5. The number of aryl methyl sites for hydroxylation is 1. The molecule has 0 aliphatic carbocycles. The van der Waals surface area contributed by atoms with E-state index in [0.29, 0.717) is 6.04 Å². The average Bonchev–Trinajstić information content (AvgIpc) is 2.89. The fourth-order valence-electron chi connectivity index (χ4n) is 1.95. The third kappa shape index (κ3) is 4.35. The van der Waals surface area contributed by atoms with Crippen molar-refractivity contribution in [1.29, 1.82) is 0 Å². The monoisotopic (exact) mass is 290 g/mol. The van der Waals surface area contributed by atoms with Gasteiger partial charge in [0.1, 0.15) is 0 Å². The van der Waals surface area contributed by atoms with Gasteiger partial charge in [-0.2, -0.15) is 0 Å². The normalized spacial score (nSPS) is 12.6. The molecule has 0 radical (unpaired) electrons. The summed E-state index contributed by atoms with van der Waals surface area (Å²) in [5.41, 5.74) is 2.35. The minimum atomic E-state index is 0.411. The second-order valence-corrected chi connectivity index (χ2v) is 5.97. The molecule has 1 aromatic carbocycles. The van der Waals surface area contributed by atoms with Crippen molar-refractivity contribution < 1.29 is 0 Å². The van der Waals surface area contributed by atoms with Crippen LogP contribution in [0.2, 0.25) is 0 Å². The number of benzene rings is 1. The molecule has 0 saturated heterocycles. The van der Waals surface area contributed by atoms with Gasteiger partial charge in [-0.1, -0.05) is 24.3 Å². The Balaban J connectivity index is 1.87. The van der Waals surface area contributed by atoms with Crippen molar-refractivity contribution in [3.8, 4) is 0 Å². The van der Waals surface area contributed by atoms with Crippen molar-refractivity contribution in [2.75, 3.05) is 6.54 Å². The molecule has 2 rings (SSSR count). The highest BCUT2D eigenvalue weighted by Crippen LogP contribution is 2.23. The first-order chi connectivity index (χ1) is 9.69. The lowest BCUT2D eigenvalue weighted by atomic mass is 10.1. The summed E-state index contributed by atoms with van der Waals surface area (Å²) in [6.45, 7) is 5.45. The van der Waals surface area contributed by atoms with E-state index in [1.807, 2.05) is 13.2 Å². The van der Waals surface area contributed by atoms with Crippen molar-refractivity contribution in [1.82, 2.24) is 20.3 Å². The lowest BCUT2D eigenvalue weighted by Crippen LogP contribution is -2.19. The number of nitrogens with one attached hydrogen (secondary N) is 1. The van der Waals surface area contributed by atoms with Crippen molar-refractivity contribution >= 4 is 11.8 Å². The second-order valence-electron chi connectivity index (χ2n) is 4.92. The first kappa shape index (κ1) is 15.1. The lowest BCUT2D eigenvalue weighted by Gasteiger charge is -2.13. The predicted octanol–water partition coefficient (Wildman–Crippen LogP) is 3.17. The van der Waals surface area contributed by atoms with E-state index in [2.05, 4.69) is 53.7 Å². The van der Waals surface area contributed by atoms with Gasteiger partial charge in [-0.15, -0.1) is 16.9 Å². The van der Waals surface area contributed by atoms with Crippen LogP contribution in [0.4, 0.5) is 0 Å². The zero-order valence-corrected chi connectivity index (χ0v) is 13.2. The summed E-state index contributed by atoms with van der Waals surface area (Å²) in [5.74, 6) is 0.858. The van der Waals surface area contributed by atoms with Gasteiger partial charge in [-0.3, -0.25) is 4.68 Å². The van der Waals surface area contributed by atoms with E-state index in [1.165, 1.54) is 10.5 Å². The molecule has 108 valence electrons. The first-order valence-electron chi connectivity index (χ1n) is 7.00. The molecule has 4 nitrogen and oxygen atoms in total. The maximum atomic E-state index is 4.09. The molecule has 1 aromatic heterocycles. The van der Waals surface area contributed by atoms with Crippen LogP contribution in [0.25, 0.3) is 0 Å². The van der Waals surface area contributed by atoms with Crippen LogP contribution in [0, 0.1) is 0 Å². The summed E-state index contributed by atoms with van der Waals surface area (Å²) in [4.78, 5) is 1.27. The van der Waals surface area contributed by atoms with Crippen LogP contribution in [-0.4, -0.2) is 21.5 Å². The first-order valence-corrected chi connectivity index (χ1v) is 7.99. The number of aromatic nitrogens is 3. The summed E-state index contributed by atoms with van der Waals surface area (Å²) in [6, 6.07) is 9.17. The Morgan fingerprint density at radius 2 is 2.05 bits per heavy atom. The highest BCUT2D eigenvalue weighted by atomic mass is 32.2. The Labute approximate surface area is 125 Å². The van der Waals surface area contributed by atoms with Crippen LogP contribution in [-0.2, 0) is 12.8 Å². The molecule has 0 fully saturated rings. The van der Waals surface area contributed by atoms with Crippen LogP contribution in [0.1, 0.15) is 37.6 Å². The Hall–Kier alpha value is -1.33. The average molecular weight is 290 g/mol. The van der Waals surface area contributed by atoms with Crippen LogP contribution in [0.15, 0.2) is 35.4 Å². The molecule has 0 bridgehead atoms. The van der Waals surface area contributed by atoms with Crippen molar-refractivity contribution in [3.05, 3.63) is 41.7 Å². The molecule has 1 heterocycles. The van der Waals surface area contributed by atoms with E-state index >= 15 is 0 Å². The van der Waals surface area contributed by atoms with Crippen LogP contribution >= 0.6 is 11.8 Å². The van der Waals surface area contributed by atoms with E-state index in [-0.39, 0.29) is 0 Å². The van der Waals surface area contributed by atoms with E-state index in [4.69, 9.17) is 0 Å². The quantitative estimate of drug-likeness (QED) is 0.795. The van der Waals surface area contributed by atoms with Gasteiger partial charge in [0, 0.05) is 29.9 Å². The van der Waals surface area contributed by atoms with E-state index in [9.17, 15) is 0 Å². The highest BCUT2D eigenvalue weighted by Gasteiger charge is 2.05. The van der Waals surface area contributed by atoms with E-state index in [0.717, 1.165) is 24.4 Å². The molecule has 1 N–H and O–H groups in total. The molecule has 0 spiro atoms. The van der Waals surface area contributed by atoms with Gasteiger partial charge in [0.05, 0.1) is 5.69 Å². The zero-order valence-electron chi connectivity index (χ0n) is 12.3. The summed E-state index contributed by atoms with van der Waals surface area (Å²) in [7, 11) is 1.89. The summed E-state index contributed by atoms with van der Waals surface area (Å²) < 4.78 is 1.74. The van der Waals surface area contributed by atoms with Gasteiger partial charge in [0.2, 0.25) is 0 Å². The molecule has 0 saturated carbocycles. The van der Waals surface area contributed by atoms with Crippen molar-refractivity contribution in [2.45, 2.75) is 37.0 Å². The minimum absolute atomic E-state index is 0.411. The fraction of sp³-hybridized carbons (Fsp3) is 0.467. The third-order valence-electron chi connectivity index (χ3n) is 3.12. The molecular weight excluding hydrogens is 268 g/mol. The molecule has 1 atom stereocenters. The van der Waals surface area contributed by atoms with E-state index in [1.54, 1.807) is 16.4 Å². The molecule has 0 aliphatic rings. The summed E-state index contributed by atoms with van der Waals surface area (Å²) in [6.07, 6.45) is 3.12. The van der Waals surface area contributed by atoms with Crippen molar-refractivity contribution in [2.24, 2.45) is 7.05 Å². The Morgan fingerprint density at radius 3 is 2.65 bits per heavy atom. The highest BCUT2D eigenvalue weighted by molar-refractivity contribution is 7.98. The van der Waals surface area contributed by atoms with Gasteiger partial charge >= 0.3 is 0 Å². The number of rotatable bonds is 7. The number of hydrogen-bond acceptors (Lipinski definition) is 4. The molecule has 20 heavy (non-hydrogen) atoms. The standard InChI is InChI=1S/C15H22N4S/c1-4-9-16-12(2)13-5-7-15(8-6-13)20-11-14-10-19(3)18-17-14/h5-8,10,12,16H,4,9,11H2,1-3H3. The second kappa shape index (κ2) is 7.45. The van der Waals surface area contributed by atoms with Gasteiger partial charge < -0.3 is 5.32 Å². The SMILES string of the molecule is CCCNC(C)c1ccc(SCc2cn(C)nn2)cc1. The molecule has 2 aromatic rings. The Bertz CT molecular complexity index is 521. The maximum absolute atomic E-state index is 4.09. The summed E-state index contributed by atoms with van der Waals surface area (Å²) >= 11 is 1.79. The number of hydrogen-bond donors (Lipinski definition) is 1. The van der Waals surface area contributed by atoms with Crippen LogP contribution < -0.4 is 5.32 Å². The Morgan fingerprint density at radius 1 is 1.30 bits per heavy atom. The van der Waals surface area contributed by atoms with Crippen LogP contribution in [0.5, 0.6) is 0 Å². The van der Waals surface area contributed by atoms with Gasteiger partial charge in [-0.05, 0) is 37.6 Å². The molecule has 1 unspecified atom stereocenters. The van der Waals surface area contributed by atoms with Gasteiger partial charge in [0.15, 0.2) is 0 Å². The topological polar surface area (TPSA) is 42.7 Å². The number of thioether (sulfide) groups is 1. The van der Waals surface area contributed by atoms with Crippen LogP contribution in [0.3, 0.4) is 0 Å². The molecule has 5 heteroatoms. The predicted molar refractivity (Wildman–Crippen MR) is 83.7 cm³/mol. The van der Waals surface area contributed by atoms with Gasteiger partial charge in [-0.25, -0.2) is 0 Å². The van der Waals surface area contributed by atoms with Crippen molar-refractivity contribution in [3.63, 3.8) is 0 Å². The molecular formula is C15H22N4S. The largest absolute Gasteiger partial charge is 0.310 e. The fourth-order valence-corrected chi connectivity index (χ4v) is 2.73. The lowest BCUT2D eigenvalue weighted by molar-refractivity contribution is 0.570. The van der Waals surface area contributed by atoms with E-state index < -0.39 is 0 Å². The smallest absolute Gasteiger partial charge is 0.0929 e. The number of nitrogens with zero attached hydrogens (tertiary/aromatic N) is 3. The van der Waals surface area contributed by atoms with Gasteiger partial charge in [0.25, 0.3) is 0 Å². The zero-order chi connectivity index (χ0) is 14.4. The molecule has 0 aliphatic heterocycles.